The summed E-state index contributed by atoms with van der Waals surface area (Å²) in [5.41, 5.74) is 0. The van der Waals surface area contributed by atoms with Crippen LogP contribution in [0.4, 0.5) is 0 Å². The van der Waals surface area contributed by atoms with Crippen LogP contribution in [0.1, 0.15) is 388 Å². The number of carbonyl (C=O) groups excluding carboxylic acids is 4. The fourth-order valence-electron chi connectivity index (χ4n) is 11.5. The summed E-state index contributed by atoms with van der Waals surface area (Å²) in [5.74, 6) is -1.33. The van der Waals surface area contributed by atoms with Crippen molar-refractivity contribution in [3.05, 3.63) is 24.3 Å². The molecule has 0 bridgehead atoms. The van der Waals surface area contributed by atoms with Crippen molar-refractivity contribution in [3.63, 3.8) is 0 Å². The van der Waals surface area contributed by atoms with Crippen LogP contribution in [-0.4, -0.2) is 96.7 Å². The number of allylic oxidation sites excluding steroid dienone is 4. The Morgan fingerprint density at radius 1 is 0.320 bits per heavy atom. The van der Waals surface area contributed by atoms with Crippen LogP contribution in [0.15, 0.2) is 24.3 Å². The van der Waals surface area contributed by atoms with Crippen LogP contribution in [0.3, 0.4) is 0 Å². The molecule has 0 aliphatic carbocycles. The Morgan fingerprint density at radius 2 is 0.557 bits per heavy atom. The maximum atomic E-state index is 13.1. The maximum Gasteiger partial charge on any atom is 0.472 e. The smallest absolute Gasteiger partial charge is 0.462 e. The van der Waals surface area contributed by atoms with Gasteiger partial charge in [0, 0.05) is 25.7 Å². The van der Waals surface area contributed by atoms with Gasteiger partial charge in [0.25, 0.3) is 0 Å². The van der Waals surface area contributed by atoms with Crippen LogP contribution < -0.4 is 0 Å². The molecule has 0 amide bonds. The molecule has 0 aromatic carbocycles. The van der Waals surface area contributed by atoms with Crippen LogP contribution in [0.2, 0.25) is 0 Å². The largest absolute Gasteiger partial charge is 0.472 e. The highest BCUT2D eigenvalue weighted by atomic mass is 31.2. The van der Waals surface area contributed by atoms with E-state index in [9.17, 15) is 43.2 Å². The Balaban J connectivity index is 5.15. The molecule has 0 aliphatic heterocycles. The number of carbonyl (C=O) groups is 4. The van der Waals surface area contributed by atoms with Gasteiger partial charge in [0.1, 0.15) is 19.3 Å². The lowest BCUT2D eigenvalue weighted by Gasteiger charge is -2.21. The molecule has 0 radical (unpaired) electrons. The molecule has 0 aromatic heterocycles. The summed E-state index contributed by atoms with van der Waals surface area (Å²) < 4.78 is 68.3. The van der Waals surface area contributed by atoms with Gasteiger partial charge in [-0.2, -0.15) is 0 Å². The number of phosphoric acid groups is 2. The third-order valence-corrected chi connectivity index (χ3v) is 19.6. The number of esters is 4. The minimum atomic E-state index is -4.96. The second kappa shape index (κ2) is 70.6. The summed E-state index contributed by atoms with van der Waals surface area (Å²) in [4.78, 5) is 72.6. The van der Waals surface area contributed by atoms with Crippen molar-refractivity contribution in [2.75, 3.05) is 39.6 Å². The Morgan fingerprint density at radius 3 is 0.845 bits per heavy atom. The molecule has 0 saturated heterocycles. The maximum absolute atomic E-state index is 13.1. The van der Waals surface area contributed by atoms with Gasteiger partial charge in [-0.25, -0.2) is 9.13 Å². The molecule has 0 heterocycles. The van der Waals surface area contributed by atoms with E-state index >= 15 is 0 Å². The topological polar surface area (TPSA) is 237 Å². The molecule has 3 N–H and O–H groups in total. The number of unbranched alkanes of at least 4 members (excludes halogenated alkanes) is 45. The third kappa shape index (κ3) is 71.7. The lowest BCUT2D eigenvalue weighted by Crippen LogP contribution is -2.30. The van der Waals surface area contributed by atoms with Crippen molar-refractivity contribution < 1.29 is 80.2 Å². The van der Waals surface area contributed by atoms with Gasteiger partial charge in [-0.1, -0.05) is 335 Å². The summed E-state index contributed by atoms with van der Waals surface area (Å²) in [6.45, 7) is 7.19. The van der Waals surface area contributed by atoms with Crippen molar-refractivity contribution in [2.24, 2.45) is 5.92 Å². The average molecular weight is 1420 g/mol. The number of ether oxygens (including phenoxy) is 4. The first-order valence-corrected chi connectivity index (χ1v) is 42.9. The van der Waals surface area contributed by atoms with Crippen molar-refractivity contribution in [2.45, 2.75) is 406 Å². The van der Waals surface area contributed by atoms with Gasteiger partial charge in [-0.15, -0.1) is 0 Å². The average Bonchev–Trinajstić information content (AvgIpc) is 2.18. The molecule has 0 aromatic rings. The first-order valence-electron chi connectivity index (χ1n) is 40.0. The normalized spacial score (nSPS) is 14.1. The predicted octanol–water partition coefficient (Wildman–Crippen LogP) is 22.8. The van der Waals surface area contributed by atoms with Crippen LogP contribution in [-0.2, 0) is 65.4 Å². The molecule has 0 saturated carbocycles. The lowest BCUT2D eigenvalue weighted by molar-refractivity contribution is -0.161. The van der Waals surface area contributed by atoms with E-state index in [0.717, 1.165) is 115 Å². The quantitative estimate of drug-likeness (QED) is 0.0169. The molecule has 5 atom stereocenters. The van der Waals surface area contributed by atoms with Gasteiger partial charge in [0.15, 0.2) is 12.2 Å². The zero-order chi connectivity index (χ0) is 71.2. The first-order chi connectivity index (χ1) is 47.0. The van der Waals surface area contributed by atoms with Gasteiger partial charge < -0.3 is 33.8 Å². The zero-order valence-corrected chi connectivity index (χ0v) is 64.5. The second-order valence-electron chi connectivity index (χ2n) is 27.9. The highest BCUT2D eigenvalue weighted by Crippen LogP contribution is 2.45. The number of phosphoric ester groups is 2. The summed E-state index contributed by atoms with van der Waals surface area (Å²) >= 11 is 0. The lowest BCUT2D eigenvalue weighted by atomic mass is 10.0. The molecule has 19 heteroatoms. The Labute approximate surface area is 592 Å². The fourth-order valence-corrected chi connectivity index (χ4v) is 13.1. The number of aliphatic hydroxyl groups is 1. The summed E-state index contributed by atoms with van der Waals surface area (Å²) in [5, 5.41) is 10.6. The van der Waals surface area contributed by atoms with E-state index in [0.29, 0.717) is 25.7 Å². The number of hydrogen-bond donors (Lipinski definition) is 3. The molecule has 2 unspecified atom stereocenters. The highest BCUT2D eigenvalue weighted by molar-refractivity contribution is 7.47. The Hall–Kier alpha value is -2.46. The predicted molar refractivity (Wildman–Crippen MR) is 395 cm³/mol. The van der Waals surface area contributed by atoms with Crippen molar-refractivity contribution >= 4 is 39.5 Å². The Bertz CT molecular complexity index is 1950. The summed E-state index contributed by atoms with van der Waals surface area (Å²) in [7, 11) is -9.92. The molecule has 17 nitrogen and oxygen atoms in total. The molecular weight excluding hydrogens is 1270 g/mol. The zero-order valence-electron chi connectivity index (χ0n) is 62.7. The van der Waals surface area contributed by atoms with E-state index in [-0.39, 0.29) is 25.7 Å². The minimum Gasteiger partial charge on any atom is -0.462 e. The van der Waals surface area contributed by atoms with E-state index in [1.165, 1.54) is 193 Å². The van der Waals surface area contributed by atoms with E-state index in [4.69, 9.17) is 37.0 Å². The molecular formula is C78H148O17P2. The van der Waals surface area contributed by atoms with Gasteiger partial charge in [0.05, 0.1) is 26.4 Å². The van der Waals surface area contributed by atoms with Crippen molar-refractivity contribution in [1.82, 2.24) is 0 Å². The molecule has 97 heavy (non-hydrogen) atoms. The third-order valence-electron chi connectivity index (χ3n) is 17.7. The Kier molecular flexibility index (Phi) is 68.8. The number of aliphatic hydroxyl groups excluding tert-OH is 1. The molecule has 0 rings (SSSR count). The molecule has 0 spiro atoms. The first kappa shape index (κ1) is 94.5. The minimum absolute atomic E-state index is 0.0844. The van der Waals surface area contributed by atoms with Crippen molar-refractivity contribution in [3.8, 4) is 0 Å². The second-order valence-corrected chi connectivity index (χ2v) is 30.8. The van der Waals surface area contributed by atoms with Gasteiger partial charge in [0.2, 0.25) is 0 Å². The van der Waals surface area contributed by atoms with E-state index in [1.807, 2.05) is 0 Å². The van der Waals surface area contributed by atoms with Crippen molar-refractivity contribution in [1.29, 1.82) is 0 Å². The van der Waals surface area contributed by atoms with Crippen LogP contribution >= 0.6 is 15.6 Å². The monoisotopic (exact) mass is 1420 g/mol. The number of rotatable bonds is 76. The van der Waals surface area contributed by atoms with E-state index in [2.05, 4.69) is 58.9 Å². The molecule has 572 valence electrons. The van der Waals surface area contributed by atoms with Gasteiger partial charge in [-0.3, -0.25) is 37.3 Å². The van der Waals surface area contributed by atoms with E-state index < -0.39 is 97.5 Å². The van der Waals surface area contributed by atoms with E-state index in [1.54, 1.807) is 0 Å². The van der Waals surface area contributed by atoms with Crippen LogP contribution in [0.5, 0.6) is 0 Å². The van der Waals surface area contributed by atoms with Gasteiger partial charge in [-0.05, 0) is 57.3 Å². The standard InChI is InChI=1S/C78H148O17P2/c1-6-9-12-15-17-19-21-23-25-32-35-39-43-47-52-57-62-76(81)89-68-74(95-78(83)64-59-54-49-45-41-37-33-29-27-26-28-31-34-38-42-46-51-55-60-71(4)5)70-93-97(86,87)91-66-72(79)65-90-96(84,85)92-69-73(67-88-75(80)61-56-50-14-11-8-3)94-77(82)63-58-53-48-44-40-36-30-24-22-20-18-16-13-10-7-2/h20,22,24,30,71-74,79H,6-19,21,23,25-29,31-70H2,1-5H3,(H,84,85)(H,86,87)/b22-20-,30-24-/t72-,73+,74+/m0/s1. The molecule has 0 aliphatic rings. The molecule has 0 fully saturated rings. The van der Waals surface area contributed by atoms with Gasteiger partial charge >= 0.3 is 39.5 Å². The van der Waals surface area contributed by atoms with Crippen LogP contribution in [0.25, 0.3) is 0 Å². The SMILES string of the molecule is CCCCCC/C=C\C=C/CCCCCCCC(=O)O[C@H](COC(=O)CCCCCCC)COP(=O)(O)OC[C@H](O)COP(=O)(O)OC[C@@H](COC(=O)CCCCCCCCCCCCCCCCCC)OC(=O)CCCCCCCCCCCCCCCCCCCCC(C)C. The number of hydrogen-bond acceptors (Lipinski definition) is 15. The van der Waals surface area contributed by atoms with Crippen LogP contribution in [0, 0.1) is 5.92 Å². The highest BCUT2D eigenvalue weighted by Gasteiger charge is 2.30. The summed E-state index contributed by atoms with van der Waals surface area (Å²) in [6.07, 6.45) is 63.7. The fraction of sp³-hybridized carbons (Fsp3) is 0.897. The summed E-state index contributed by atoms with van der Waals surface area (Å²) in [6, 6.07) is 0.